The summed E-state index contributed by atoms with van der Waals surface area (Å²) in [5.41, 5.74) is 0.913. The van der Waals surface area contributed by atoms with E-state index < -0.39 is 10.0 Å². The van der Waals surface area contributed by atoms with Crippen LogP contribution in [-0.4, -0.2) is 25.2 Å². The summed E-state index contributed by atoms with van der Waals surface area (Å²) in [6.07, 6.45) is 1.68. The monoisotopic (exact) mass is 294 g/mol. The molecule has 2 rings (SSSR count). The van der Waals surface area contributed by atoms with Crippen LogP contribution < -0.4 is 10.0 Å². The Labute approximate surface area is 118 Å². The Kier molecular flexibility index (Phi) is 4.10. The van der Waals surface area contributed by atoms with Gasteiger partial charge in [0.15, 0.2) is 5.82 Å². The Morgan fingerprint density at radius 1 is 1.30 bits per heavy atom. The van der Waals surface area contributed by atoms with Gasteiger partial charge in [0.1, 0.15) is 0 Å². The first kappa shape index (κ1) is 14.5. The minimum Gasteiger partial charge on any atom is -0.313 e. The lowest BCUT2D eigenvalue weighted by Gasteiger charge is -2.12. The van der Waals surface area contributed by atoms with Crippen LogP contribution in [0.1, 0.15) is 18.5 Å². The maximum absolute atomic E-state index is 12.3. The standard InChI is InChI=1S/C13H18N4O2S/c1-10(14-2)11-5-4-6-12(9-11)20(18,19)16-13-7-8-17(3)15-13/h4-10,14H,1-3H3,(H,15,16). The molecule has 1 aromatic carbocycles. The normalized spacial score (nSPS) is 13.2. The predicted molar refractivity (Wildman–Crippen MR) is 77.9 cm³/mol. The summed E-state index contributed by atoms with van der Waals surface area (Å²) in [6, 6.07) is 8.54. The van der Waals surface area contributed by atoms with Crippen molar-refractivity contribution in [2.45, 2.75) is 17.9 Å². The van der Waals surface area contributed by atoms with Gasteiger partial charge in [-0.05, 0) is 31.7 Å². The van der Waals surface area contributed by atoms with Gasteiger partial charge in [0.05, 0.1) is 4.90 Å². The van der Waals surface area contributed by atoms with E-state index in [9.17, 15) is 8.42 Å². The first-order chi connectivity index (χ1) is 9.42. The molecule has 0 aliphatic rings. The van der Waals surface area contributed by atoms with Gasteiger partial charge < -0.3 is 5.32 Å². The molecule has 1 aromatic heterocycles. The molecule has 7 heteroatoms. The van der Waals surface area contributed by atoms with Gasteiger partial charge in [-0.15, -0.1) is 0 Å². The first-order valence-corrected chi connectivity index (χ1v) is 7.70. The molecular formula is C13H18N4O2S. The maximum Gasteiger partial charge on any atom is 0.263 e. The number of rotatable bonds is 5. The zero-order valence-electron chi connectivity index (χ0n) is 11.7. The van der Waals surface area contributed by atoms with Crippen molar-refractivity contribution in [2.24, 2.45) is 7.05 Å². The van der Waals surface area contributed by atoms with Gasteiger partial charge in [0.2, 0.25) is 0 Å². The summed E-state index contributed by atoms with van der Waals surface area (Å²) in [6.45, 7) is 1.97. The lowest BCUT2D eigenvalue weighted by Crippen LogP contribution is -2.16. The molecular weight excluding hydrogens is 276 g/mol. The fourth-order valence-corrected chi connectivity index (χ4v) is 2.83. The van der Waals surface area contributed by atoms with Crippen LogP contribution in [-0.2, 0) is 17.1 Å². The first-order valence-electron chi connectivity index (χ1n) is 6.22. The summed E-state index contributed by atoms with van der Waals surface area (Å²) in [4.78, 5) is 0.225. The largest absolute Gasteiger partial charge is 0.313 e. The number of hydrogen-bond acceptors (Lipinski definition) is 4. The second kappa shape index (κ2) is 5.64. The topological polar surface area (TPSA) is 76.0 Å². The van der Waals surface area contributed by atoms with E-state index in [1.54, 1.807) is 37.5 Å². The van der Waals surface area contributed by atoms with E-state index >= 15 is 0 Å². The summed E-state index contributed by atoms with van der Waals surface area (Å²) in [7, 11) is -0.0573. The van der Waals surface area contributed by atoms with Gasteiger partial charge in [-0.1, -0.05) is 12.1 Å². The van der Waals surface area contributed by atoms with Crippen molar-refractivity contribution in [1.82, 2.24) is 15.1 Å². The van der Waals surface area contributed by atoms with Crippen LogP contribution in [0.3, 0.4) is 0 Å². The third-order valence-electron chi connectivity index (χ3n) is 3.05. The van der Waals surface area contributed by atoms with Crippen molar-refractivity contribution in [3.63, 3.8) is 0 Å². The summed E-state index contributed by atoms with van der Waals surface area (Å²) < 4.78 is 28.6. The fourth-order valence-electron chi connectivity index (χ4n) is 1.78. The van der Waals surface area contributed by atoms with E-state index in [1.165, 1.54) is 4.68 Å². The molecule has 6 nitrogen and oxygen atoms in total. The van der Waals surface area contributed by atoms with Gasteiger partial charge in [-0.2, -0.15) is 5.10 Å². The molecule has 20 heavy (non-hydrogen) atoms. The molecule has 2 N–H and O–H groups in total. The number of anilines is 1. The molecule has 0 bridgehead atoms. The number of benzene rings is 1. The van der Waals surface area contributed by atoms with Gasteiger partial charge in [0, 0.05) is 25.4 Å². The number of sulfonamides is 1. The summed E-state index contributed by atoms with van der Waals surface area (Å²) in [5.74, 6) is 0.305. The molecule has 2 aromatic rings. The van der Waals surface area contributed by atoms with Crippen LogP contribution in [0.5, 0.6) is 0 Å². The van der Waals surface area contributed by atoms with Crippen LogP contribution in [0.4, 0.5) is 5.82 Å². The molecule has 108 valence electrons. The highest BCUT2D eigenvalue weighted by atomic mass is 32.2. The number of nitrogens with one attached hydrogen (secondary N) is 2. The second-order valence-electron chi connectivity index (χ2n) is 4.56. The van der Waals surface area contributed by atoms with E-state index in [0.717, 1.165) is 5.56 Å². The van der Waals surface area contributed by atoms with Gasteiger partial charge >= 0.3 is 0 Å². The number of aromatic nitrogens is 2. The Hall–Kier alpha value is -1.86. The van der Waals surface area contributed by atoms with E-state index in [1.807, 2.05) is 20.0 Å². The summed E-state index contributed by atoms with van der Waals surface area (Å²) >= 11 is 0. The van der Waals surface area contributed by atoms with Crippen LogP contribution in [0.15, 0.2) is 41.4 Å². The Morgan fingerprint density at radius 3 is 2.65 bits per heavy atom. The van der Waals surface area contributed by atoms with Crippen LogP contribution in [0, 0.1) is 0 Å². The number of aryl methyl sites for hydroxylation is 1. The molecule has 1 unspecified atom stereocenters. The van der Waals surface area contributed by atoms with Crippen molar-refractivity contribution >= 4 is 15.8 Å². The molecule has 0 aliphatic heterocycles. The highest BCUT2D eigenvalue weighted by Crippen LogP contribution is 2.19. The average molecular weight is 294 g/mol. The van der Waals surface area contributed by atoms with Crippen molar-refractivity contribution in [2.75, 3.05) is 11.8 Å². The van der Waals surface area contributed by atoms with Crippen LogP contribution >= 0.6 is 0 Å². The number of hydrogen-bond donors (Lipinski definition) is 2. The van der Waals surface area contributed by atoms with Gasteiger partial charge in [-0.3, -0.25) is 9.40 Å². The van der Waals surface area contributed by atoms with Crippen molar-refractivity contribution in [1.29, 1.82) is 0 Å². The van der Waals surface area contributed by atoms with E-state index in [2.05, 4.69) is 15.1 Å². The van der Waals surface area contributed by atoms with E-state index in [-0.39, 0.29) is 10.9 Å². The maximum atomic E-state index is 12.3. The van der Waals surface area contributed by atoms with E-state index in [0.29, 0.717) is 5.82 Å². The van der Waals surface area contributed by atoms with Gasteiger partial charge in [-0.25, -0.2) is 8.42 Å². The zero-order chi connectivity index (χ0) is 14.8. The molecule has 0 saturated heterocycles. The molecule has 0 aliphatic carbocycles. The molecule has 0 radical (unpaired) electrons. The Balaban J connectivity index is 2.29. The van der Waals surface area contributed by atoms with Gasteiger partial charge in [0.25, 0.3) is 10.0 Å². The fraction of sp³-hybridized carbons (Fsp3) is 0.308. The molecule has 0 amide bonds. The molecule has 0 saturated carbocycles. The Morgan fingerprint density at radius 2 is 2.05 bits per heavy atom. The van der Waals surface area contributed by atoms with E-state index in [4.69, 9.17) is 0 Å². The number of nitrogens with zero attached hydrogens (tertiary/aromatic N) is 2. The second-order valence-corrected chi connectivity index (χ2v) is 6.25. The quantitative estimate of drug-likeness (QED) is 0.876. The lowest BCUT2D eigenvalue weighted by molar-refractivity contribution is 0.599. The van der Waals surface area contributed by atoms with Crippen LogP contribution in [0.25, 0.3) is 0 Å². The highest BCUT2D eigenvalue weighted by molar-refractivity contribution is 7.92. The molecule has 1 heterocycles. The molecule has 0 fully saturated rings. The third kappa shape index (κ3) is 3.17. The predicted octanol–water partition coefficient (Wildman–Crippen LogP) is 1.50. The van der Waals surface area contributed by atoms with Crippen molar-refractivity contribution in [3.8, 4) is 0 Å². The average Bonchev–Trinajstić information content (AvgIpc) is 2.82. The SMILES string of the molecule is CNC(C)c1cccc(S(=O)(=O)Nc2ccn(C)n2)c1. The summed E-state index contributed by atoms with van der Waals surface area (Å²) in [5, 5.41) is 7.09. The minimum atomic E-state index is -3.62. The molecule has 0 spiro atoms. The highest BCUT2D eigenvalue weighted by Gasteiger charge is 2.16. The lowest BCUT2D eigenvalue weighted by atomic mass is 10.1. The minimum absolute atomic E-state index is 0.0833. The Bertz CT molecular complexity index is 694. The van der Waals surface area contributed by atoms with Crippen LogP contribution in [0.2, 0.25) is 0 Å². The zero-order valence-corrected chi connectivity index (χ0v) is 12.5. The molecule has 1 atom stereocenters. The third-order valence-corrected chi connectivity index (χ3v) is 4.41. The van der Waals surface area contributed by atoms with Crippen molar-refractivity contribution in [3.05, 3.63) is 42.1 Å². The van der Waals surface area contributed by atoms with Crippen molar-refractivity contribution < 1.29 is 8.42 Å². The smallest absolute Gasteiger partial charge is 0.263 e.